The highest BCUT2D eigenvalue weighted by Crippen LogP contribution is 2.56. The van der Waals surface area contributed by atoms with Gasteiger partial charge in [-0.15, -0.1) is 0 Å². The Balaban J connectivity index is 1.12. The molecule has 11 heteroatoms. The number of piperidine rings is 2. The van der Waals surface area contributed by atoms with Crippen molar-refractivity contribution >= 4 is 45.8 Å². The summed E-state index contributed by atoms with van der Waals surface area (Å²) in [6, 6.07) is 2.12. The molecule has 5 saturated heterocycles. The minimum atomic E-state index is -0.0978. The van der Waals surface area contributed by atoms with Crippen LogP contribution in [0.15, 0.2) is 24.9 Å². The van der Waals surface area contributed by atoms with E-state index in [0.29, 0.717) is 28.2 Å². The first-order chi connectivity index (χ1) is 21.0. The number of carbonyl (C=O) groups excluding carboxylic acids is 1. The summed E-state index contributed by atoms with van der Waals surface area (Å²) in [5, 5.41) is 14.8. The lowest BCUT2D eigenvalue weighted by Gasteiger charge is -2.58. The lowest BCUT2D eigenvalue weighted by Crippen LogP contribution is -2.63. The van der Waals surface area contributed by atoms with Crippen LogP contribution in [0.25, 0.3) is 22.0 Å². The summed E-state index contributed by atoms with van der Waals surface area (Å²) >= 11 is 13.8. The molecule has 234 valence electrons. The molecular weight excluding hydrogens is 597 g/mol. The fourth-order valence-electron chi connectivity index (χ4n) is 9.07. The van der Waals surface area contributed by atoms with Crippen molar-refractivity contribution in [2.45, 2.75) is 76.7 Å². The Morgan fingerprint density at radius 1 is 1.18 bits per heavy atom. The van der Waals surface area contributed by atoms with Crippen LogP contribution >= 0.6 is 23.2 Å². The molecular formula is C33H41Cl2N7O2. The van der Waals surface area contributed by atoms with Gasteiger partial charge in [0.1, 0.15) is 0 Å². The number of nitrogens with zero attached hydrogens (tertiary/aromatic N) is 6. The van der Waals surface area contributed by atoms with Crippen molar-refractivity contribution in [2.24, 2.45) is 11.3 Å². The summed E-state index contributed by atoms with van der Waals surface area (Å²) in [6.07, 6.45) is 9.59. The molecule has 5 aliphatic heterocycles. The number of hydrogen-bond acceptors (Lipinski definition) is 6. The van der Waals surface area contributed by atoms with Gasteiger partial charge in [0.15, 0.2) is 5.82 Å². The minimum Gasteiger partial charge on any atom is -0.372 e. The molecule has 2 aromatic heterocycles. The van der Waals surface area contributed by atoms with Gasteiger partial charge in [-0.3, -0.25) is 19.5 Å². The summed E-state index contributed by atoms with van der Waals surface area (Å²) in [6.45, 7) is 16.3. The maximum Gasteiger partial charge on any atom is 0.245 e. The number of benzene rings is 1. The Hall–Kier alpha value is -2.59. The minimum absolute atomic E-state index is 0.0229. The van der Waals surface area contributed by atoms with Crippen LogP contribution in [0.5, 0.6) is 0 Å². The molecule has 1 aromatic carbocycles. The highest BCUT2D eigenvalue weighted by molar-refractivity contribution is 6.45. The third-order valence-corrected chi connectivity index (χ3v) is 11.9. The quantitative estimate of drug-likeness (QED) is 0.341. The highest BCUT2D eigenvalue weighted by Gasteiger charge is 2.55. The molecule has 1 amide bonds. The molecule has 1 spiro atoms. The Labute approximate surface area is 268 Å². The van der Waals surface area contributed by atoms with E-state index in [0.717, 1.165) is 98.5 Å². The second-order valence-electron chi connectivity index (χ2n) is 14.7. The van der Waals surface area contributed by atoms with Crippen molar-refractivity contribution < 1.29 is 9.53 Å². The molecule has 3 aromatic rings. The summed E-state index contributed by atoms with van der Waals surface area (Å²) in [7, 11) is 0. The number of ether oxygens (including phenoxy) is 1. The second kappa shape index (κ2) is 10.2. The molecule has 1 N–H and O–H groups in total. The number of nitrogens with one attached hydrogen (secondary N) is 1. The van der Waals surface area contributed by atoms with E-state index >= 15 is 0 Å². The normalized spacial score (nSPS) is 27.7. The molecule has 44 heavy (non-hydrogen) atoms. The Kier molecular flexibility index (Phi) is 6.69. The Morgan fingerprint density at radius 2 is 1.91 bits per heavy atom. The monoisotopic (exact) mass is 637 g/mol. The first-order valence-electron chi connectivity index (χ1n) is 16.0. The summed E-state index contributed by atoms with van der Waals surface area (Å²) < 4.78 is 8.13. The largest absolute Gasteiger partial charge is 0.372 e. The molecule has 1 aliphatic carbocycles. The van der Waals surface area contributed by atoms with E-state index in [1.165, 1.54) is 12.5 Å². The number of carbonyl (C=O) groups is 1. The number of amides is 1. The fraction of sp³-hybridized carbons (Fsp3) is 0.606. The predicted molar refractivity (Wildman–Crippen MR) is 173 cm³/mol. The van der Waals surface area contributed by atoms with Gasteiger partial charge in [-0.1, -0.05) is 29.8 Å². The van der Waals surface area contributed by atoms with Gasteiger partial charge in [-0.25, -0.2) is 0 Å². The number of aromatic nitrogens is 4. The van der Waals surface area contributed by atoms with E-state index in [2.05, 4.69) is 52.0 Å². The van der Waals surface area contributed by atoms with Gasteiger partial charge in [-0.05, 0) is 64.5 Å². The third kappa shape index (κ3) is 4.52. The first-order valence-corrected chi connectivity index (χ1v) is 16.8. The van der Waals surface area contributed by atoms with Crippen molar-refractivity contribution in [1.82, 2.24) is 29.8 Å². The lowest BCUT2D eigenvalue weighted by molar-refractivity contribution is -0.182. The molecule has 6 fully saturated rings. The van der Waals surface area contributed by atoms with Crippen LogP contribution in [0.1, 0.15) is 57.7 Å². The molecule has 9 nitrogen and oxygen atoms in total. The molecule has 7 heterocycles. The lowest BCUT2D eigenvalue weighted by atomic mass is 9.60. The maximum atomic E-state index is 12.1. The van der Waals surface area contributed by atoms with Gasteiger partial charge in [-0.2, -0.15) is 10.2 Å². The van der Waals surface area contributed by atoms with Crippen LogP contribution in [0.4, 0.5) is 5.82 Å². The maximum absolute atomic E-state index is 12.1. The van der Waals surface area contributed by atoms with Crippen LogP contribution < -0.4 is 4.90 Å². The Bertz CT molecular complexity index is 1630. The topological polar surface area (TPSA) is 82.5 Å². The van der Waals surface area contributed by atoms with Gasteiger partial charge in [0, 0.05) is 78.9 Å². The zero-order valence-corrected chi connectivity index (χ0v) is 27.3. The molecule has 1 saturated carbocycles. The molecule has 2 bridgehead atoms. The number of likely N-dealkylation sites (tertiary alicyclic amines) is 1. The van der Waals surface area contributed by atoms with Crippen molar-refractivity contribution in [3.05, 3.63) is 40.7 Å². The summed E-state index contributed by atoms with van der Waals surface area (Å²) in [4.78, 5) is 19.1. The van der Waals surface area contributed by atoms with E-state index in [1.54, 1.807) is 0 Å². The zero-order chi connectivity index (χ0) is 30.5. The van der Waals surface area contributed by atoms with E-state index in [-0.39, 0.29) is 22.9 Å². The number of aromatic amines is 1. The number of rotatable bonds is 6. The molecule has 0 radical (unpaired) electrons. The van der Waals surface area contributed by atoms with Gasteiger partial charge in [0.2, 0.25) is 5.91 Å². The van der Waals surface area contributed by atoms with Crippen LogP contribution in [0, 0.1) is 18.3 Å². The number of halogens is 2. The predicted octanol–water partition coefficient (Wildman–Crippen LogP) is 5.86. The summed E-state index contributed by atoms with van der Waals surface area (Å²) in [5.74, 6) is 1.63. The summed E-state index contributed by atoms with van der Waals surface area (Å²) in [5.41, 5.74) is 3.98. The average molecular weight is 639 g/mol. The smallest absolute Gasteiger partial charge is 0.245 e. The molecule has 3 unspecified atom stereocenters. The van der Waals surface area contributed by atoms with Crippen LogP contribution in [0.2, 0.25) is 10.0 Å². The van der Waals surface area contributed by atoms with Gasteiger partial charge >= 0.3 is 0 Å². The van der Waals surface area contributed by atoms with Crippen LogP contribution in [-0.4, -0.2) is 92.7 Å². The van der Waals surface area contributed by atoms with Crippen molar-refractivity contribution in [3.63, 3.8) is 0 Å². The number of fused-ring (bicyclic) bond motifs is 3. The number of hydrogen-bond donors (Lipinski definition) is 1. The van der Waals surface area contributed by atoms with Gasteiger partial charge < -0.3 is 14.5 Å². The van der Waals surface area contributed by atoms with E-state index in [9.17, 15) is 4.79 Å². The number of morpholine rings is 1. The van der Waals surface area contributed by atoms with Crippen LogP contribution in [-0.2, 0) is 9.53 Å². The standard InChI is InChI=1S/C33H41Cl2N7O2/c1-5-27(43)40-17-33(18-40)11-21(12-33)42-19(2)28(29-24-13-36-37-26(24)9-25(34)30(29)35)31(38-42)41-7-6-20(10-32(41,3)4)14-39-15-22-8-23(16-39)44-22/h5,9,13,20-23H,1,6-8,10-12,14-18H2,2-4H3,(H,36,37). The third-order valence-electron chi connectivity index (χ3n) is 11.1. The van der Waals surface area contributed by atoms with E-state index in [4.69, 9.17) is 33.0 Å². The molecule has 9 rings (SSSR count). The second-order valence-corrected chi connectivity index (χ2v) is 15.5. The molecule has 6 aliphatic rings. The van der Waals surface area contributed by atoms with E-state index in [1.807, 2.05) is 17.2 Å². The zero-order valence-electron chi connectivity index (χ0n) is 25.8. The van der Waals surface area contributed by atoms with Gasteiger partial charge in [0.25, 0.3) is 0 Å². The molecule has 3 atom stereocenters. The van der Waals surface area contributed by atoms with Gasteiger partial charge in [0.05, 0.1) is 40.0 Å². The Morgan fingerprint density at radius 3 is 2.59 bits per heavy atom. The van der Waals surface area contributed by atoms with Crippen molar-refractivity contribution in [1.29, 1.82) is 0 Å². The van der Waals surface area contributed by atoms with E-state index < -0.39 is 0 Å². The number of H-pyrrole nitrogens is 1. The number of anilines is 1. The highest BCUT2D eigenvalue weighted by atomic mass is 35.5. The van der Waals surface area contributed by atoms with Crippen molar-refractivity contribution in [3.8, 4) is 11.1 Å². The first kappa shape index (κ1) is 28.9. The SMILES string of the molecule is C=CC(=O)N1CC2(CC(n3nc(N4CCC(CN5CC6CC(C5)O6)CC4(C)C)c(-c4c(Cl)c(Cl)cc5[nH]ncc45)c3C)C2)C1. The van der Waals surface area contributed by atoms with Crippen LogP contribution in [0.3, 0.4) is 0 Å². The van der Waals surface area contributed by atoms with Crippen molar-refractivity contribution in [2.75, 3.05) is 44.2 Å². The average Bonchev–Trinajstić information content (AvgIpc) is 3.51. The fourth-order valence-corrected chi connectivity index (χ4v) is 9.53.